The van der Waals surface area contributed by atoms with Crippen molar-refractivity contribution in [1.29, 1.82) is 0 Å². The molecule has 112 valence electrons. The fourth-order valence-electron chi connectivity index (χ4n) is 2.12. The quantitative estimate of drug-likeness (QED) is 0.559. The van der Waals surface area contributed by atoms with Crippen LogP contribution in [0.5, 0.6) is 0 Å². The third kappa shape index (κ3) is 4.15. The zero-order chi connectivity index (χ0) is 15.1. The van der Waals surface area contributed by atoms with Gasteiger partial charge in [0.25, 0.3) is 5.69 Å². The number of unbranched alkanes of at least 4 members (excludes halogenated alkanes) is 1. The molecule has 0 radical (unpaired) electrons. The summed E-state index contributed by atoms with van der Waals surface area (Å²) < 4.78 is 27.1. The number of nitro benzene ring substituents is 1. The third-order valence-corrected chi connectivity index (χ3v) is 3.16. The number of nitrogens with one attached hydrogen (secondary N) is 1. The molecule has 0 saturated carbocycles. The van der Waals surface area contributed by atoms with E-state index in [0.717, 1.165) is 44.2 Å². The summed E-state index contributed by atoms with van der Waals surface area (Å²) >= 11 is 0. The standard InChI is InChI=1S/C14H20F2N2O2/c1-3-5-7-10(6-4-2)17-14-12(18(19)20)9-8-11(15)13(14)16/h8-10,17H,3-7H2,1-2H3. The van der Waals surface area contributed by atoms with Crippen molar-refractivity contribution in [3.63, 3.8) is 0 Å². The molecule has 0 aromatic heterocycles. The normalized spacial score (nSPS) is 12.2. The first-order chi connectivity index (χ1) is 9.51. The van der Waals surface area contributed by atoms with E-state index in [1.54, 1.807) is 0 Å². The second-order valence-electron chi connectivity index (χ2n) is 4.78. The molecule has 1 aromatic carbocycles. The lowest BCUT2D eigenvalue weighted by Gasteiger charge is -2.19. The smallest absolute Gasteiger partial charge is 0.295 e. The molecule has 0 saturated heterocycles. The lowest BCUT2D eigenvalue weighted by molar-refractivity contribution is -0.384. The summed E-state index contributed by atoms with van der Waals surface area (Å²) in [5, 5.41) is 13.7. The van der Waals surface area contributed by atoms with E-state index in [1.807, 2.05) is 13.8 Å². The van der Waals surface area contributed by atoms with Crippen LogP contribution >= 0.6 is 0 Å². The van der Waals surface area contributed by atoms with Crippen LogP contribution < -0.4 is 5.32 Å². The Morgan fingerprint density at radius 1 is 1.25 bits per heavy atom. The Hall–Kier alpha value is -1.72. The van der Waals surface area contributed by atoms with Crippen molar-refractivity contribution >= 4 is 11.4 Å². The van der Waals surface area contributed by atoms with Gasteiger partial charge >= 0.3 is 0 Å². The molecular weight excluding hydrogens is 266 g/mol. The van der Waals surface area contributed by atoms with Crippen LogP contribution in [0.15, 0.2) is 12.1 Å². The molecule has 1 aromatic rings. The molecule has 0 spiro atoms. The van der Waals surface area contributed by atoms with E-state index >= 15 is 0 Å². The van der Waals surface area contributed by atoms with E-state index < -0.39 is 22.2 Å². The van der Waals surface area contributed by atoms with E-state index in [4.69, 9.17) is 0 Å². The molecule has 0 aliphatic carbocycles. The first-order valence-electron chi connectivity index (χ1n) is 6.90. The Kier molecular flexibility index (Phi) is 6.35. The van der Waals surface area contributed by atoms with E-state index in [-0.39, 0.29) is 11.7 Å². The average molecular weight is 286 g/mol. The van der Waals surface area contributed by atoms with Gasteiger partial charge in [-0.1, -0.05) is 33.1 Å². The number of anilines is 1. The maximum absolute atomic E-state index is 13.8. The van der Waals surface area contributed by atoms with Crippen LogP contribution in [0.25, 0.3) is 0 Å². The van der Waals surface area contributed by atoms with E-state index in [1.165, 1.54) is 0 Å². The number of hydrogen-bond acceptors (Lipinski definition) is 3. The first kappa shape index (κ1) is 16.3. The van der Waals surface area contributed by atoms with Gasteiger partial charge in [-0.25, -0.2) is 8.78 Å². The number of halogens is 2. The van der Waals surface area contributed by atoms with Crippen LogP contribution in [-0.4, -0.2) is 11.0 Å². The van der Waals surface area contributed by atoms with Crippen molar-refractivity contribution in [3.8, 4) is 0 Å². The lowest BCUT2D eigenvalue weighted by Crippen LogP contribution is -2.21. The molecule has 1 unspecified atom stereocenters. The summed E-state index contributed by atoms with van der Waals surface area (Å²) in [7, 11) is 0. The fraction of sp³-hybridized carbons (Fsp3) is 0.571. The summed E-state index contributed by atoms with van der Waals surface area (Å²) in [4.78, 5) is 10.2. The van der Waals surface area contributed by atoms with Gasteiger partial charge in [-0.2, -0.15) is 0 Å². The predicted molar refractivity (Wildman–Crippen MR) is 74.9 cm³/mol. The number of hydrogen-bond donors (Lipinski definition) is 1. The summed E-state index contributed by atoms with van der Waals surface area (Å²) in [6, 6.07) is 1.68. The van der Waals surface area contributed by atoms with Crippen molar-refractivity contribution in [3.05, 3.63) is 33.9 Å². The van der Waals surface area contributed by atoms with Gasteiger partial charge < -0.3 is 5.32 Å². The van der Waals surface area contributed by atoms with Gasteiger partial charge in [0.05, 0.1) is 4.92 Å². The fourth-order valence-corrected chi connectivity index (χ4v) is 2.12. The van der Waals surface area contributed by atoms with Crippen molar-refractivity contribution in [2.45, 2.75) is 52.0 Å². The molecule has 0 aliphatic heterocycles. The largest absolute Gasteiger partial charge is 0.374 e. The zero-order valence-corrected chi connectivity index (χ0v) is 11.8. The molecular formula is C14H20F2N2O2. The highest BCUT2D eigenvalue weighted by Gasteiger charge is 2.23. The van der Waals surface area contributed by atoms with Gasteiger partial charge in [-0.05, 0) is 18.9 Å². The van der Waals surface area contributed by atoms with Crippen LogP contribution in [0.1, 0.15) is 46.0 Å². The topological polar surface area (TPSA) is 55.2 Å². The van der Waals surface area contributed by atoms with Crippen molar-refractivity contribution in [2.75, 3.05) is 5.32 Å². The van der Waals surface area contributed by atoms with Crippen molar-refractivity contribution < 1.29 is 13.7 Å². The third-order valence-electron chi connectivity index (χ3n) is 3.16. The summed E-state index contributed by atoms with van der Waals surface area (Å²) in [6.07, 6.45) is 4.31. The maximum Gasteiger partial charge on any atom is 0.295 e. The molecule has 0 amide bonds. The Balaban J connectivity index is 3.03. The van der Waals surface area contributed by atoms with Gasteiger partial charge in [0.2, 0.25) is 0 Å². The number of nitrogens with zero attached hydrogens (tertiary/aromatic N) is 1. The molecule has 1 rings (SSSR count). The minimum absolute atomic E-state index is 0.0880. The van der Waals surface area contributed by atoms with Gasteiger partial charge in [0, 0.05) is 12.1 Å². The van der Waals surface area contributed by atoms with Crippen LogP contribution in [0.4, 0.5) is 20.2 Å². The van der Waals surface area contributed by atoms with Crippen molar-refractivity contribution in [2.24, 2.45) is 0 Å². The molecule has 0 bridgehead atoms. The molecule has 0 fully saturated rings. The van der Waals surface area contributed by atoms with Crippen LogP contribution in [-0.2, 0) is 0 Å². The van der Waals surface area contributed by atoms with Crippen LogP contribution in [0.3, 0.4) is 0 Å². The average Bonchev–Trinajstić information content (AvgIpc) is 2.41. The number of benzene rings is 1. The van der Waals surface area contributed by atoms with E-state index in [9.17, 15) is 18.9 Å². The van der Waals surface area contributed by atoms with Crippen molar-refractivity contribution in [1.82, 2.24) is 0 Å². The predicted octanol–water partition coefficient (Wildman–Crippen LogP) is 4.64. The molecule has 6 heteroatoms. The van der Waals surface area contributed by atoms with Crippen LogP contribution in [0, 0.1) is 21.7 Å². The highest BCUT2D eigenvalue weighted by molar-refractivity contribution is 5.63. The molecule has 0 aliphatic rings. The minimum atomic E-state index is -1.18. The number of rotatable bonds is 8. The first-order valence-corrected chi connectivity index (χ1v) is 6.90. The zero-order valence-electron chi connectivity index (χ0n) is 11.8. The Labute approximate surface area is 117 Å². The second-order valence-corrected chi connectivity index (χ2v) is 4.78. The monoisotopic (exact) mass is 286 g/mol. The van der Waals surface area contributed by atoms with Gasteiger partial charge in [0.1, 0.15) is 0 Å². The van der Waals surface area contributed by atoms with Gasteiger partial charge in [-0.3, -0.25) is 10.1 Å². The highest BCUT2D eigenvalue weighted by atomic mass is 19.2. The lowest BCUT2D eigenvalue weighted by atomic mass is 10.0. The highest BCUT2D eigenvalue weighted by Crippen LogP contribution is 2.30. The molecule has 4 nitrogen and oxygen atoms in total. The second kappa shape index (κ2) is 7.77. The van der Waals surface area contributed by atoms with Gasteiger partial charge in [-0.15, -0.1) is 0 Å². The summed E-state index contributed by atoms with van der Waals surface area (Å²) in [5.74, 6) is -2.26. The Bertz CT molecular complexity index is 467. The van der Waals surface area contributed by atoms with E-state index in [2.05, 4.69) is 5.32 Å². The molecule has 20 heavy (non-hydrogen) atoms. The van der Waals surface area contributed by atoms with Gasteiger partial charge in [0.15, 0.2) is 17.3 Å². The number of nitro groups is 1. The molecule has 1 N–H and O–H groups in total. The summed E-state index contributed by atoms with van der Waals surface area (Å²) in [5.41, 5.74) is -0.772. The maximum atomic E-state index is 13.8. The minimum Gasteiger partial charge on any atom is -0.374 e. The van der Waals surface area contributed by atoms with Crippen LogP contribution in [0.2, 0.25) is 0 Å². The molecule has 1 atom stereocenters. The Morgan fingerprint density at radius 2 is 1.95 bits per heavy atom. The van der Waals surface area contributed by atoms with E-state index in [0.29, 0.717) is 0 Å². The summed E-state index contributed by atoms with van der Waals surface area (Å²) in [6.45, 7) is 4.02. The molecule has 0 heterocycles. The Morgan fingerprint density at radius 3 is 2.50 bits per heavy atom. The SMILES string of the molecule is CCCCC(CCC)Nc1c([N+](=O)[O-])ccc(F)c1F.